The molecule has 20 heavy (non-hydrogen) atoms. The first-order chi connectivity index (χ1) is 9.63. The number of thiophene rings is 1. The van der Waals surface area contributed by atoms with Crippen molar-refractivity contribution in [2.45, 2.75) is 39.2 Å². The molecule has 3 unspecified atom stereocenters. The molecular weight excluding hydrogens is 270 g/mol. The lowest BCUT2D eigenvalue weighted by molar-refractivity contribution is 0.0895. The number of amides is 1. The predicted octanol–water partition coefficient (Wildman–Crippen LogP) is 2.65. The van der Waals surface area contributed by atoms with Gasteiger partial charge >= 0.3 is 0 Å². The smallest absolute Gasteiger partial charge is 0.262 e. The summed E-state index contributed by atoms with van der Waals surface area (Å²) in [5.74, 6) is 6.57. The second-order valence-corrected chi connectivity index (χ2v) is 6.39. The number of hydrogen-bond donors (Lipinski definition) is 2. The summed E-state index contributed by atoms with van der Waals surface area (Å²) in [6.07, 6.45) is 3.48. The van der Waals surface area contributed by atoms with Crippen LogP contribution >= 0.6 is 11.3 Å². The molecular formula is C16H21NO2S. The fourth-order valence-electron chi connectivity index (χ4n) is 2.74. The van der Waals surface area contributed by atoms with E-state index in [1.807, 2.05) is 11.4 Å². The Morgan fingerprint density at radius 2 is 2.30 bits per heavy atom. The van der Waals surface area contributed by atoms with Gasteiger partial charge in [-0.15, -0.1) is 11.3 Å². The highest BCUT2D eigenvalue weighted by Gasteiger charge is 2.28. The third-order valence-corrected chi connectivity index (χ3v) is 5.11. The van der Waals surface area contributed by atoms with Gasteiger partial charge in [0.15, 0.2) is 0 Å². The Morgan fingerprint density at radius 3 is 3.05 bits per heavy atom. The number of hydrogen-bond acceptors (Lipinski definition) is 3. The maximum atomic E-state index is 12.4. The lowest BCUT2D eigenvalue weighted by Crippen LogP contribution is -2.43. The Bertz CT molecular complexity index is 526. The SMILES string of the molecule is CC1CCCC(NC(=O)c2sccc2C#CCO)C1C. The van der Waals surface area contributed by atoms with E-state index in [2.05, 4.69) is 31.0 Å². The molecule has 3 atom stereocenters. The molecule has 0 saturated heterocycles. The van der Waals surface area contributed by atoms with Gasteiger partial charge in [0.25, 0.3) is 5.91 Å². The van der Waals surface area contributed by atoms with E-state index in [0.717, 1.165) is 6.42 Å². The predicted molar refractivity (Wildman–Crippen MR) is 81.7 cm³/mol. The molecule has 1 fully saturated rings. The van der Waals surface area contributed by atoms with Crippen molar-refractivity contribution in [3.8, 4) is 11.8 Å². The molecule has 1 heterocycles. The molecule has 1 aromatic rings. The average Bonchev–Trinajstić information content (AvgIpc) is 2.90. The van der Waals surface area contributed by atoms with Gasteiger partial charge in [0.2, 0.25) is 0 Å². The van der Waals surface area contributed by atoms with Crippen molar-refractivity contribution in [3.63, 3.8) is 0 Å². The summed E-state index contributed by atoms with van der Waals surface area (Å²) >= 11 is 1.40. The Balaban J connectivity index is 2.07. The third-order valence-electron chi connectivity index (χ3n) is 4.20. The van der Waals surface area contributed by atoms with Gasteiger partial charge in [-0.1, -0.05) is 38.5 Å². The maximum absolute atomic E-state index is 12.4. The highest BCUT2D eigenvalue weighted by atomic mass is 32.1. The van der Waals surface area contributed by atoms with Gasteiger partial charge in [-0.3, -0.25) is 4.79 Å². The summed E-state index contributed by atoms with van der Waals surface area (Å²) in [6, 6.07) is 2.09. The first-order valence-corrected chi connectivity index (χ1v) is 7.99. The average molecular weight is 291 g/mol. The lowest BCUT2D eigenvalue weighted by atomic mass is 9.78. The Kier molecular flexibility index (Phi) is 5.22. The quantitative estimate of drug-likeness (QED) is 0.823. The number of carbonyl (C=O) groups excluding carboxylic acids is 1. The summed E-state index contributed by atoms with van der Waals surface area (Å²) in [4.78, 5) is 13.0. The maximum Gasteiger partial charge on any atom is 0.262 e. The Morgan fingerprint density at radius 1 is 1.50 bits per heavy atom. The monoisotopic (exact) mass is 291 g/mol. The molecule has 3 nitrogen and oxygen atoms in total. The second kappa shape index (κ2) is 6.92. The molecule has 2 N–H and O–H groups in total. The fraction of sp³-hybridized carbons (Fsp3) is 0.562. The highest BCUT2D eigenvalue weighted by Crippen LogP contribution is 2.30. The number of aliphatic hydroxyl groups is 1. The number of nitrogens with one attached hydrogen (secondary N) is 1. The number of aliphatic hydroxyl groups excluding tert-OH is 1. The van der Waals surface area contributed by atoms with Gasteiger partial charge in [-0.05, 0) is 29.7 Å². The van der Waals surface area contributed by atoms with Gasteiger partial charge in [-0.25, -0.2) is 0 Å². The molecule has 1 saturated carbocycles. The van der Waals surface area contributed by atoms with E-state index in [0.29, 0.717) is 22.3 Å². The summed E-state index contributed by atoms with van der Waals surface area (Å²) in [7, 11) is 0. The van der Waals surface area contributed by atoms with Crippen LogP contribution in [-0.4, -0.2) is 23.7 Å². The molecule has 0 aromatic carbocycles. The molecule has 2 rings (SSSR count). The number of carbonyl (C=O) groups is 1. The fourth-order valence-corrected chi connectivity index (χ4v) is 3.49. The van der Waals surface area contributed by atoms with Crippen LogP contribution in [0.1, 0.15) is 48.3 Å². The van der Waals surface area contributed by atoms with Crippen LogP contribution in [0.25, 0.3) is 0 Å². The topological polar surface area (TPSA) is 49.3 Å². The van der Waals surface area contributed by atoms with Gasteiger partial charge in [0, 0.05) is 11.6 Å². The largest absolute Gasteiger partial charge is 0.384 e. The van der Waals surface area contributed by atoms with Crippen molar-refractivity contribution in [1.29, 1.82) is 0 Å². The second-order valence-electron chi connectivity index (χ2n) is 5.47. The third kappa shape index (κ3) is 3.41. The van der Waals surface area contributed by atoms with Crippen LogP contribution in [0, 0.1) is 23.7 Å². The van der Waals surface area contributed by atoms with Crippen molar-refractivity contribution in [2.75, 3.05) is 6.61 Å². The molecule has 1 aliphatic carbocycles. The van der Waals surface area contributed by atoms with E-state index < -0.39 is 0 Å². The number of rotatable bonds is 2. The van der Waals surface area contributed by atoms with Crippen LogP contribution in [0.15, 0.2) is 11.4 Å². The van der Waals surface area contributed by atoms with Gasteiger partial charge in [-0.2, -0.15) is 0 Å². The molecule has 4 heteroatoms. The van der Waals surface area contributed by atoms with E-state index in [-0.39, 0.29) is 18.6 Å². The standard InChI is InChI=1S/C16H21NO2S/c1-11-5-3-7-14(12(11)2)17-16(19)15-13(6-4-9-18)8-10-20-15/h8,10-12,14,18H,3,5,7,9H2,1-2H3,(H,17,19). The van der Waals surface area contributed by atoms with Crippen LogP contribution < -0.4 is 5.32 Å². The van der Waals surface area contributed by atoms with E-state index in [1.165, 1.54) is 24.2 Å². The summed E-state index contributed by atoms with van der Waals surface area (Å²) in [5.41, 5.74) is 0.707. The van der Waals surface area contributed by atoms with Crippen LogP contribution in [-0.2, 0) is 0 Å². The van der Waals surface area contributed by atoms with Crippen LogP contribution in [0.3, 0.4) is 0 Å². The summed E-state index contributed by atoms with van der Waals surface area (Å²) < 4.78 is 0. The molecule has 0 radical (unpaired) electrons. The van der Waals surface area contributed by atoms with Crippen LogP contribution in [0.2, 0.25) is 0 Å². The first-order valence-electron chi connectivity index (χ1n) is 7.11. The summed E-state index contributed by atoms with van der Waals surface area (Å²) in [5, 5.41) is 13.8. The van der Waals surface area contributed by atoms with Gasteiger partial charge in [0.05, 0.1) is 0 Å². The molecule has 0 spiro atoms. The Labute approximate surface area is 124 Å². The molecule has 1 amide bonds. The minimum absolute atomic E-state index is 0.0341. The molecule has 108 valence electrons. The van der Waals surface area contributed by atoms with E-state index in [4.69, 9.17) is 5.11 Å². The van der Waals surface area contributed by atoms with Crippen molar-refractivity contribution < 1.29 is 9.90 Å². The van der Waals surface area contributed by atoms with E-state index in [9.17, 15) is 4.79 Å². The van der Waals surface area contributed by atoms with Crippen LogP contribution in [0.5, 0.6) is 0 Å². The van der Waals surface area contributed by atoms with Gasteiger partial charge < -0.3 is 10.4 Å². The molecule has 1 aliphatic rings. The van der Waals surface area contributed by atoms with Crippen LogP contribution in [0.4, 0.5) is 0 Å². The molecule has 0 bridgehead atoms. The minimum Gasteiger partial charge on any atom is -0.384 e. The highest BCUT2D eigenvalue weighted by molar-refractivity contribution is 7.12. The minimum atomic E-state index is -0.186. The van der Waals surface area contributed by atoms with E-state index in [1.54, 1.807) is 0 Å². The van der Waals surface area contributed by atoms with Crippen molar-refractivity contribution in [2.24, 2.45) is 11.8 Å². The van der Waals surface area contributed by atoms with Crippen molar-refractivity contribution in [1.82, 2.24) is 5.32 Å². The Hall–Kier alpha value is -1.31. The van der Waals surface area contributed by atoms with E-state index >= 15 is 0 Å². The van der Waals surface area contributed by atoms with Gasteiger partial charge in [0.1, 0.15) is 11.5 Å². The molecule has 0 aliphatic heterocycles. The zero-order valence-electron chi connectivity index (χ0n) is 12.0. The molecule has 1 aromatic heterocycles. The normalized spacial score (nSPS) is 25.6. The zero-order chi connectivity index (χ0) is 14.5. The van der Waals surface area contributed by atoms with Crippen molar-refractivity contribution >= 4 is 17.2 Å². The lowest BCUT2D eigenvalue weighted by Gasteiger charge is -2.34. The first kappa shape index (κ1) is 15.1. The zero-order valence-corrected chi connectivity index (χ0v) is 12.8. The summed E-state index contributed by atoms with van der Waals surface area (Å²) in [6.45, 7) is 4.29. The van der Waals surface area contributed by atoms with Crippen molar-refractivity contribution in [3.05, 3.63) is 21.9 Å².